The Balaban J connectivity index is 1.96. The van der Waals surface area contributed by atoms with Crippen LogP contribution in [0.25, 0.3) is 11.0 Å². The number of nitrogens with one attached hydrogen (secondary N) is 2. The maximum Gasteiger partial charge on any atom is 0.256 e. The summed E-state index contributed by atoms with van der Waals surface area (Å²) in [5.41, 5.74) is 2.52. The number of anilines is 1. The minimum absolute atomic E-state index is 0.119. The zero-order valence-corrected chi connectivity index (χ0v) is 18.9. The van der Waals surface area contributed by atoms with Crippen LogP contribution in [0.15, 0.2) is 42.6 Å². The third-order valence-electron chi connectivity index (χ3n) is 4.97. The molecule has 2 heterocycles. The van der Waals surface area contributed by atoms with E-state index in [0.29, 0.717) is 29.2 Å². The van der Waals surface area contributed by atoms with Crippen molar-refractivity contribution in [2.24, 2.45) is 0 Å². The number of aromatic nitrogens is 2. The van der Waals surface area contributed by atoms with Crippen LogP contribution in [-0.4, -0.2) is 41.1 Å². The molecule has 2 N–H and O–H groups in total. The van der Waals surface area contributed by atoms with Crippen LogP contribution in [0.1, 0.15) is 54.0 Å². The summed E-state index contributed by atoms with van der Waals surface area (Å²) in [7, 11) is 1.60. The van der Waals surface area contributed by atoms with E-state index in [4.69, 9.17) is 4.74 Å². The average Bonchev–Trinajstić information content (AvgIpc) is 3.08. The fraction of sp³-hybridized carbons (Fsp3) is 0.375. The highest BCUT2D eigenvalue weighted by Gasteiger charge is 2.23. The molecule has 0 aliphatic carbocycles. The number of benzene rings is 1. The smallest absolute Gasteiger partial charge is 0.256 e. The Hall–Kier alpha value is -3.19. The summed E-state index contributed by atoms with van der Waals surface area (Å²) in [5, 5.41) is 6.53. The molecule has 0 saturated carbocycles. The highest BCUT2D eigenvalue weighted by molar-refractivity contribution is 6.08. The Kier molecular flexibility index (Phi) is 6.45. The third-order valence-corrected chi connectivity index (χ3v) is 4.97. The predicted octanol–water partition coefficient (Wildman–Crippen LogP) is 4.12. The summed E-state index contributed by atoms with van der Waals surface area (Å²) in [6.07, 6.45) is 1.82. The monoisotopic (exact) mass is 422 g/mol. The van der Waals surface area contributed by atoms with Crippen LogP contribution in [0.2, 0.25) is 0 Å². The summed E-state index contributed by atoms with van der Waals surface area (Å²) >= 11 is 0. The zero-order valence-electron chi connectivity index (χ0n) is 18.9. The summed E-state index contributed by atoms with van der Waals surface area (Å²) in [5.74, 6) is 0.0178. The Morgan fingerprint density at radius 2 is 1.77 bits per heavy atom. The summed E-state index contributed by atoms with van der Waals surface area (Å²) in [6, 6.07) is 10.8. The number of nitrogens with zero attached hydrogens (tertiary/aromatic N) is 2. The van der Waals surface area contributed by atoms with Gasteiger partial charge in [0.25, 0.3) is 11.8 Å². The lowest BCUT2D eigenvalue weighted by molar-refractivity contribution is 0.0906. The molecule has 1 aromatic carbocycles. The number of ether oxygens (including phenoxy) is 1. The van der Waals surface area contributed by atoms with Crippen molar-refractivity contribution in [3.05, 3.63) is 59.3 Å². The molecule has 0 radical (unpaired) electrons. The van der Waals surface area contributed by atoms with Crippen molar-refractivity contribution in [1.82, 2.24) is 14.9 Å². The van der Waals surface area contributed by atoms with Gasteiger partial charge in [0.15, 0.2) is 0 Å². The number of amides is 2. The predicted molar refractivity (Wildman–Crippen MR) is 123 cm³/mol. The topological polar surface area (TPSA) is 85.2 Å². The molecule has 3 rings (SSSR count). The van der Waals surface area contributed by atoms with Gasteiger partial charge in [0.05, 0.1) is 12.2 Å². The Labute approximate surface area is 182 Å². The second kappa shape index (κ2) is 8.89. The summed E-state index contributed by atoms with van der Waals surface area (Å²) in [6.45, 7) is 10.4. The summed E-state index contributed by atoms with van der Waals surface area (Å²) < 4.78 is 7.07. The molecule has 0 spiro atoms. The Morgan fingerprint density at radius 3 is 2.39 bits per heavy atom. The van der Waals surface area contributed by atoms with Gasteiger partial charge in [-0.25, -0.2) is 4.98 Å². The number of hydrogen-bond acceptors (Lipinski definition) is 4. The first-order valence-electron chi connectivity index (χ1n) is 10.3. The second-order valence-corrected chi connectivity index (χ2v) is 8.80. The number of rotatable bonds is 6. The number of carbonyl (C=O) groups excluding carboxylic acids is 2. The lowest BCUT2D eigenvalue weighted by atomic mass is 10.1. The SMILES string of the molecule is COC[C@H](C)NC(=O)c1cn(C(C)(C)C)c2nc(NC(=O)c3ccc(C)cc3)ccc12. The molecular formula is C24H30N4O3. The quantitative estimate of drug-likeness (QED) is 0.626. The lowest BCUT2D eigenvalue weighted by Crippen LogP contribution is -2.35. The fourth-order valence-electron chi connectivity index (χ4n) is 3.35. The molecule has 2 aromatic heterocycles. The van der Waals surface area contributed by atoms with E-state index in [2.05, 4.69) is 15.6 Å². The van der Waals surface area contributed by atoms with Gasteiger partial charge < -0.3 is 19.9 Å². The number of aryl methyl sites for hydroxylation is 1. The molecule has 3 aromatic rings. The van der Waals surface area contributed by atoms with Crippen LogP contribution in [0.4, 0.5) is 5.82 Å². The molecule has 7 heteroatoms. The number of methoxy groups -OCH3 is 1. The maximum atomic E-state index is 12.9. The van der Waals surface area contributed by atoms with E-state index in [1.54, 1.807) is 25.3 Å². The maximum absolute atomic E-state index is 12.9. The van der Waals surface area contributed by atoms with Crippen LogP contribution in [-0.2, 0) is 10.3 Å². The minimum atomic E-state index is -0.304. The van der Waals surface area contributed by atoms with E-state index in [1.807, 2.05) is 63.6 Å². The highest BCUT2D eigenvalue weighted by atomic mass is 16.5. The Morgan fingerprint density at radius 1 is 1.10 bits per heavy atom. The van der Waals surface area contributed by atoms with Crippen molar-refractivity contribution in [3.63, 3.8) is 0 Å². The molecule has 7 nitrogen and oxygen atoms in total. The number of pyridine rings is 1. The average molecular weight is 423 g/mol. The fourth-order valence-corrected chi connectivity index (χ4v) is 3.35. The molecule has 0 aliphatic heterocycles. The van der Waals surface area contributed by atoms with E-state index in [-0.39, 0.29) is 23.4 Å². The molecule has 0 fully saturated rings. The van der Waals surface area contributed by atoms with Gasteiger partial charge in [-0.15, -0.1) is 0 Å². The van der Waals surface area contributed by atoms with Gasteiger partial charge in [0, 0.05) is 35.8 Å². The van der Waals surface area contributed by atoms with Gasteiger partial charge in [0.1, 0.15) is 11.5 Å². The number of hydrogen-bond donors (Lipinski definition) is 2. The largest absolute Gasteiger partial charge is 0.383 e. The van der Waals surface area contributed by atoms with Crippen molar-refractivity contribution in [2.75, 3.05) is 19.0 Å². The van der Waals surface area contributed by atoms with Crippen LogP contribution in [0.5, 0.6) is 0 Å². The van der Waals surface area contributed by atoms with Crippen molar-refractivity contribution >= 4 is 28.7 Å². The molecule has 0 saturated heterocycles. The first-order valence-corrected chi connectivity index (χ1v) is 10.3. The van der Waals surface area contributed by atoms with Crippen molar-refractivity contribution in [3.8, 4) is 0 Å². The van der Waals surface area contributed by atoms with E-state index in [9.17, 15) is 9.59 Å². The van der Waals surface area contributed by atoms with E-state index in [0.717, 1.165) is 10.9 Å². The van der Waals surface area contributed by atoms with Crippen molar-refractivity contribution in [2.45, 2.75) is 46.2 Å². The molecule has 31 heavy (non-hydrogen) atoms. The van der Waals surface area contributed by atoms with Crippen LogP contribution < -0.4 is 10.6 Å². The standard InChI is InChI=1S/C24H30N4O3/c1-15-7-9-17(10-8-15)22(29)27-20-12-11-18-19(23(30)25-16(2)14-31-6)13-28(21(18)26-20)24(3,4)5/h7-13,16H,14H2,1-6H3,(H,25,30)(H,26,27,29)/t16-/m0/s1. The third kappa shape index (κ3) is 5.11. The molecule has 1 atom stereocenters. The van der Waals surface area contributed by atoms with Gasteiger partial charge in [-0.2, -0.15) is 0 Å². The van der Waals surface area contributed by atoms with Gasteiger partial charge >= 0.3 is 0 Å². The normalized spacial score (nSPS) is 12.6. The molecular weight excluding hydrogens is 392 g/mol. The highest BCUT2D eigenvalue weighted by Crippen LogP contribution is 2.28. The first-order chi connectivity index (χ1) is 14.6. The molecule has 2 amide bonds. The van der Waals surface area contributed by atoms with E-state index >= 15 is 0 Å². The minimum Gasteiger partial charge on any atom is -0.383 e. The van der Waals surface area contributed by atoms with Crippen molar-refractivity contribution in [1.29, 1.82) is 0 Å². The van der Waals surface area contributed by atoms with E-state index in [1.165, 1.54) is 0 Å². The van der Waals surface area contributed by atoms with Crippen LogP contribution >= 0.6 is 0 Å². The van der Waals surface area contributed by atoms with Gasteiger partial charge in [-0.05, 0) is 58.9 Å². The number of carbonyl (C=O) groups is 2. The lowest BCUT2D eigenvalue weighted by Gasteiger charge is -2.22. The molecule has 0 unspecified atom stereocenters. The zero-order chi connectivity index (χ0) is 22.8. The van der Waals surface area contributed by atoms with Gasteiger partial charge in [-0.3, -0.25) is 9.59 Å². The molecule has 0 aliphatic rings. The molecule has 164 valence electrons. The Bertz CT molecular complexity index is 1090. The van der Waals surface area contributed by atoms with Crippen LogP contribution in [0, 0.1) is 6.92 Å². The van der Waals surface area contributed by atoms with Gasteiger partial charge in [-0.1, -0.05) is 17.7 Å². The van der Waals surface area contributed by atoms with E-state index < -0.39 is 0 Å². The summed E-state index contributed by atoms with van der Waals surface area (Å²) in [4.78, 5) is 30.2. The molecule has 0 bridgehead atoms. The first kappa shape index (κ1) is 22.5. The second-order valence-electron chi connectivity index (χ2n) is 8.80. The van der Waals surface area contributed by atoms with Crippen LogP contribution in [0.3, 0.4) is 0 Å². The van der Waals surface area contributed by atoms with Gasteiger partial charge in [0.2, 0.25) is 0 Å². The number of fused-ring (bicyclic) bond motifs is 1. The van der Waals surface area contributed by atoms with Crippen molar-refractivity contribution < 1.29 is 14.3 Å².